The summed E-state index contributed by atoms with van der Waals surface area (Å²) in [5.74, 6) is 0.0810. The number of hydrogen-bond acceptors (Lipinski definition) is 8. The molecule has 9 nitrogen and oxygen atoms in total. The van der Waals surface area contributed by atoms with Gasteiger partial charge in [-0.25, -0.2) is 4.79 Å². The van der Waals surface area contributed by atoms with E-state index in [4.69, 9.17) is 9.47 Å². The van der Waals surface area contributed by atoms with E-state index < -0.39 is 5.97 Å². The Hall–Kier alpha value is -3.92. The van der Waals surface area contributed by atoms with Gasteiger partial charge in [-0.1, -0.05) is 23.9 Å². The predicted molar refractivity (Wildman–Crippen MR) is 129 cm³/mol. The van der Waals surface area contributed by atoms with E-state index in [1.54, 1.807) is 35.7 Å². The number of carbonyl (C=O) groups is 2. The number of hydrogen-bond donors (Lipinski definition) is 1. The lowest BCUT2D eigenvalue weighted by atomic mass is 10.1. The van der Waals surface area contributed by atoms with Crippen LogP contribution in [0.25, 0.3) is 16.9 Å². The highest BCUT2D eigenvalue weighted by atomic mass is 32.2. The number of esters is 1. The van der Waals surface area contributed by atoms with Crippen LogP contribution in [0.15, 0.2) is 65.8 Å². The molecule has 2 aromatic heterocycles. The lowest BCUT2D eigenvalue weighted by molar-refractivity contribution is -0.113. The summed E-state index contributed by atoms with van der Waals surface area (Å²) >= 11 is 1.20. The predicted octanol–water partition coefficient (Wildman–Crippen LogP) is 4.10. The molecule has 4 rings (SSSR count). The molecule has 0 aliphatic carbocycles. The zero-order valence-corrected chi connectivity index (χ0v) is 19.5. The molecule has 0 radical (unpaired) electrons. The number of amides is 1. The second-order valence-electron chi connectivity index (χ2n) is 7.03. The Labute approximate surface area is 200 Å². The van der Waals surface area contributed by atoms with Crippen molar-refractivity contribution in [1.82, 2.24) is 19.8 Å². The van der Waals surface area contributed by atoms with Crippen LogP contribution in [0.1, 0.15) is 24.2 Å². The van der Waals surface area contributed by atoms with Crippen LogP contribution >= 0.6 is 11.8 Å². The molecule has 1 N–H and O–H groups in total. The topological polar surface area (TPSA) is 108 Å². The van der Waals surface area contributed by atoms with Crippen molar-refractivity contribution in [2.75, 3.05) is 24.3 Å². The fourth-order valence-electron chi connectivity index (χ4n) is 3.20. The minimum Gasteiger partial charge on any atom is -0.494 e. The Morgan fingerprint density at radius 3 is 2.53 bits per heavy atom. The summed E-state index contributed by atoms with van der Waals surface area (Å²) in [5, 5.41) is 16.2. The van der Waals surface area contributed by atoms with Gasteiger partial charge in [0.15, 0.2) is 5.65 Å². The molecule has 10 heteroatoms. The summed E-state index contributed by atoms with van der Waals surface area (Å²) < 4.78 is 12.1. The first kappa shape index (κ1) is 23.2. The van der Waals surface area contributed by atoms with Gasteiger partial charge in [0.05, 0.1) is 35.9 Å². The van der Waals surface area contributed by atoms with Gasteiger partial charge < -0.3 is 14.8 Å². The normalized spacial score (nSPS) is 10.8. The van der Waals surface area contributed by atoms with Crippen molar-refractivity contribution < 1.29 is 19.1 Å². The van der Waals surface area contributed by atoms with Gasteiger partial charge in [0.25, 0.3) is 0 Å². The van der Waals surface area contributed by atoms with Gasteiger partial charge in [0.1, 0.15) is 5.75 Å². The van der Waals surface area contributed by atoms with Gasteiger partial charge in [-0.3, -0.25) is 4.79 Å². The van der Waals surface area contributed by atoms with E-state index in [1.165, 1.54) is 11.8 Å². The third-order valence-electron chi connectivity index (χ3n) is 4.72. The molecule has 4 aromatic rings. The maximum absolute atomic E-state index is 12.6. The molecule has 1 amide bonds. The summed E-state index contributed by atoms with van der Waals surface area (Å²) in [4.78, 5) is 24.7. The molecule has 0 unspecified atom stereocenters. The van der Waals surface area contributed by atoms with E-state index in [-0.39, 0.29) is 18.3 Å². The summed E-state index contributed by atoms with van der Waals surface area (Å²) in [6, 6.07) is 18.1. The highest BCUT2D eigenvalue weighted by Gasteiger charge is 2.16. The fourth-order valence-corrected chi connectivity index (χ4v) is 3.88. The maximum atomic E-state index is 12.6. The van der Waals surface area contributed by atoms with Crippen LogP contribution in [0.2, 0.25) is 0 Å². The third kappa shape index (κ3) is 5.34. The monoisotopic (exact) mass is 477 g/mol. The molecule has 0 aliphatic heterocycles. The number of carbonyl (C=O) groups excluding carboxylic acids is 2. The largest absolute Gasteiger partial charge is 0.494 e. The molecule has 0 bridgehead atoms. The molecular weight excluding hydrogens is 454 g/mol. The molecule has 0 aliphatic rings. The van der Waals surface area contributed by atoms with Crippen molar-refractivity contribution in [2.24, 2.45) is 0 Å². The molecule has 0 fully saturated rings. The van der Waals surface area contributed by atoms with Crippen molar-refractivity contribution in [2.45, 2.75) is 19.0 Å². The minimum absolute atomic E-state index is 0.0624. The van der Waals surface area contributed by atoms with Crippen LogP contribution in [0, 0.1) is 0 Å². The average Bonchev–Trinajstić information content (AvgIpc) is 3.26. The minimum atomic E-state index is -0.486. The molecule has 174 valence electrons. The van der Waals surface area contributed by atoms with Gasteiger partial charge in [0, 0.05) is 5.56 Å². The summed E-state index contributed by atoms with van der Waals surface area (Å²) in [6.45, 7) is 4.53. The number of benzene rings is 2. The summed E-state index contributed by atoms with van der Waals surface area (Å²) in [5.41, 5.74) is 2.93. The van der Waals surface area contributed by atoms with E-state index in [1.807, 2.05) is 43.3 Å². The highest BCUT2D eigenvalue weighted by Crippen LogP contribution is 2.23. The Morgan fingerprint density at radius 2 is 1.76 bits per heavy atom. The number of fused-ring (bicyclic) bond motifs is 1. The molecule has 2 heterocycles. The van der Waals surface area contributed by atoms with Crippen LogP contribution in [-0.2, 0) is 9.53 Å². The van der Waals surface area contributed by atoms with Crippen molar-refractivity contribution in [1.29, 1.82) is 0 Å². The van der Waals surface area contributed by atoms with Crippen molar-refractivity contribution in [3.63, 3.8) is 0 Å². The smallest absolute Gasteiger partial charge is 0.340 e. The number of ether oxygens (including phenoxy) is 2. The lowest BCUT2D eigenvalue weighted by Crippen LogP contribution is -2.17. The molecule has 0 saturated heterocycles. The first-order valence-electron chi connectivity index (χ1n) is 10.7. The Balaban J connectivity index is 1.46. The van der Waals surface area contributed by atoms with Crippen molar-refractivity contribution >= 4 is 35.0 Å². The van der Waals surface area contributed by atoms with Crippen LogP contribution in [-0.4, -0.2) is 50.7 Å². The van der Waals surface area contributed by atoms with E-state index in [0.29, 0.717) is 28.7 Å². The second kappa shape index (κ2) is 10.8. The number of nitrogens with zero attached hydrogens (tertiary/aromatic N) is 4. The molecule has 0 atom stereocenters. The molecule has 0 spiro atoms. The van der Waals surface area contributed by atoms with E-state index in [0.717, 1.165) is 17.0 Å². The zero-order valence-electron chi connectivity index (χ0n) is 18.7. The van der Waals surface area contributed by atoms with Crippen LogP contribution < -0.4 is 10.1 Å². The Morgan fingerprint density at radius 1 is 0.971 bits per heavy atom. The van der Waals surface area contributed by atoms with Crippen molar-refractivity contribution in [3.8, 4) is 17.0 Å². The molecule has 34 heavy (non-hydrogen) atoms. The SMILES string of the molecule is CCOC(=O)c1ccccc1NC(=O)CSc1nnc2ccc(-c3ccc(OCC)cc3)nn12. The molecule has 0 saturated carbocycles. The Kier molecular flexibility index (Phi) is 7.38. The quantitative estimate of drug-likeness (QED) is 0.284. The maximum Gasteiger partial charge on any atom is 0.340 e. The molecule has 2 aromatic carbocycles. The number of nitrogens with one attached hydrogen (secondary N) is 1. The van der Waals surface area contributed by atoms with Gasteiger partial charge in [-0.2, -0.15) is 9.61 Å². The van der Waals surface area contributed by atoms with Crippen molar-refractivity contribution in [3.05, 3.63) is 66.2 Å². The average molecular weight is 478 g/mol. The number of rotatable bonds is 9. The zero-order chi connectivity index (χ0) is 23.9. The van der Waals surface area contributed by atoms with Gasteiger partial charge in [0.2, 0.25) is 11.1 Å². The third-order valence-corrected chi connectivity index (χ3v) is 5.64. The first-order valence-corrected chi connectivity index (χ1v) is 11.7. The number of anilines is 1. The lowest BCUT2D eigenvalue weighted by Gasteiger charge is -2.10. The number of aromatic nitrogens is 4. The number of thioether (sulfide) groups is 1. The fraction of sp³-hybridized carbons (Fsp3) is 0.208. The summed E-state index contributed by atoms with van der Waals surface area (Å²) in [7, 11) is 0. The van der Waals surface area contributed by atoms with Gasteiger partial charge >= 0.3 is 5.97 Å². The number of para-hydroxylation sites is 1. The van der Waals surface area contributed by atoms with E-state index in [2.05, 4.69) is 20.6 Å². The Bertz CT molecular complexity index is 1310. The second-order valence-corrected chi connectivity index (χ2v) is 7.97. The molecular formula is C24H23N5O4S. The van der Waals surface area contributed by atoms with E-state index in [9.17, 15) is 9.59 Å². The van der Waals surface area contributed by atoms with Gasteiger partial charge in [-0.05, 0) is 62.4 Å². The summed E-state index contributed by atoms with van der Waals surface area (Å²) in [6.07, 6.45) is 0. The van der Waals surface area contributed by atoms with Gasteiger partial charge in [-0.15, -0.1) is 10.2 Å². The highest BCUT2D eigenvalue weighted by molar-refractivity contribution is 7.99. The first-order chi connectivity index (χ1) is 16.6. The van der Waals surface area contributed by atoms with E-state index >= 15 is 0 Å². The van der Waals surface area contributed by atoms with Crippen LogP contribution in [0.5, 0.6) is 5.75 Å². The van der Waals surface area contributed by atoms with Crippen LogP contribution in [0.4, 0.5) is 5.69 Å². The van der Waals surface area contributed by atoms with Crippen LogP contribution in [0.3, 0.4) is 0 Å². The standard InChI is InChI=1S/C24H23N5O4S/c1-3-32-17-11-9-16(10-12-17)19-13-14-21-26-27-24(29(21)28-19)34-15-22(30)25-20-8-6-5-7-18(20)23(31)33-4-2/h5-14H,3-4,15H2,1-2H3,(H,25,30).